The molecule has 0 aliphatic rings. The summed E-state index contributed by atoms with van der Waals surface area (Å²) in [6.07, 6.45) is 0. The SMILES string of the molecule is CCNC(=O)C(C)N(Cc1ccccc1F)C(=O)CSCc1ccc(Cl)c(Cl)c1. The minimum atomic E-state index is -0.715. The van der Waals surface area contributed by atoms with E-state index in [1.807, 2.05) is 6.07 Å². The molecule has 156 valence electrons. The van der Waals surface area contributed by atoms with Crippen LogP contribution in [-0.4, -0.2) is 35.1 Å². The van der Waals surface area contributed by atoms with Gasteiger partial charge in [0, 0.05) is 24.4 Å². The first-order chi connectivity index (χ1) is 13.8. The number of nitrogens with one attached hydrogen (secondary N) is 1. The third-order valence-corrected chi connectivity index (χ3v) is 6.02. The van der Waals surface area contributed by atoms with Crippen molar-refractivity contribution < 1.29 is 14.0 Å². The molecule has 0 heterocycles. The fraction of sp³-hybridized carbons (Fsp3) is 0.333. The van der Waals surface area contributed by atoms with Crippen LogP contribution in [0.15, 0.2) is 42.5 Å². The predicted octanol–water partition coefficient (Wildman–Crippen LogP) is 4.92. The Kier molecular flexibility index (Phi) is 9.27. The monoisotopic (exact) mass is 456 g/mol. The van der Waals surface area contributed by atoms with E-state index < -0.39 is 11.9 Å². The molecule has 0 aliphatic heterocycles. The van der Waals surface area contributed by atoms with Gasteiger partial charge in [0.2, 0.25) is 11.8 Å². The zero-order chi connectivity index (χ0) is 21.4. The molecule has 0 spiro atoms. The number of thioether (sulfide) groups is 1. The summed E-state index contributed by atoms with van der Waals surface area (Å²) in [4.78, 5) is 26.6. The summed E-state index contributed by atoms with van der Waals surface area (Å²) >= 11 is 13.3. The van der Waals surface area contributed by atoms with Gasteiger partial charge >= 0.3 is 0 Å². The quantitative estimate of drug-likeness (QED) is 0.582. The van der Waals surface area contributed by atoms with Gasteiger partial charge in [-0.1, -0.05) is 47.5 Å². The Balaban J connectivity index is 2.07. The Hall–Kier alpha value is -1.76. The fourth-order valence-electron chi connectivity index (χ4n) is 2.68. The number of halogens is 3. The third-order valence-electron chi connectivity index (χ3n) is 4.30. The Bertz CT molecular complexity index is 866. The zero-order valence-corrected chi connectivity index (χ0v) is 18.6. The van der Waals surface area contributed by atoms with Crippen molar-refractivity contribution in [3.8, 4) is 0 Å². The van der Waals surface area contributed by atoms with Gasteiger partial charge in [-0.25, -0.2) is 4.39 Å². The molecule has 1 unspecified atom stereocenters. The lowest BCUT2D eigenvalue weighted by molar-refractivity contribution is -0.138. The Labute approximate surface area is 184 Å². The highest BCUT2D eigenvalue weighted by atomic mass is 35.5. The highest BCUT2D eigenvalue weighted by molar-refractivity contribution is 7.99. The van der Waals surface area contributed by atoms with Gasteiger partial charge in [0.1, 0.15) is 11.9 Å². The number of likely N-dealkylation sites (N-methyl/N-ethyl adjacent to an activating group) is 1. The lowest BCUT2D eigenvalue weighted by atomic mass is 10.1. The number of carbonyl (C=O) groups excluding carboxylic acids is 2. The summed E-state index contributed by atoms with van der Waals surface area (Å²) < 4.78 is 14.1. The number of amides is 2. The first-order valence-corrected chi connectivity index (χ1v) is 11.1. The summed E-state index contributed by atoms with van der Waals surface area (Å²) in [5, 5.41) is 3.65. The van der Waals surface area contributed by atoms with Crippen LogP contribution in [-0.2, 0) is 21.9 Å². The van der Waals surface area contributed by atoms with Crippen LogP contribution in [0.1, 0.15) is 25.0 Å². The van der Waals surface area contributed by atoms with Crippen molar-refractivity contribution in [3.63, 3.8) is 0 Å². The van der Waals surface area contributed by atoms with Crippen molar-refractivity contribution in [2.45, 2.75) is 32.2 Å². The molecular weight excluding hydrogens is 434 g/mol. The van der Waals surface area contributed by atoms with E-state index in [2.05, 4.69) is 5.32 Å². The molecule has 4 nitrogen and oxygen atoms in total. The van der Waals surface area contributed by atoms with Crippen LogP contribution in [0.2, 0.25) is 10.0 Å². The number of rotatable bonds is 9. The van der Waals surface area contributed by atoms with Gasteiger partial charge in [-0.05, 0) is 37.6 Å². The van der Waals surface area contributed by atoms with Crippen LogP contribution < -0.4 is 5.32 Å². The molecule has 2 rings (SSSR count). The Morgan fingerprint density at radius 3 is 2.55 bits per heavy atom. The molecule has 0 saturated carbocycles. The van der Waals surface area contributed by atoms with Crippen LogP contribution in [0.3, 0.4) is 0 Å². The highest BCUT2D eigenvalue weighted by Gasteiger charge is 2.26. The second-order valence-corrected chi connectivity index (χ2v) is 8.22. The molecule has 2 amide bonds. The van der Waals surface area contributed by atoms with Crippen molar-refractivity contribution in [2.75, 3.05) is 12.3 Å². The molecule has 1 atom stereocenters. The van der Waals surface area contributed by atoms with Crippen molar-refractivity contribution in [2.24, 2.45) is 0 Å². The summed E-state index contributed by atoms with van der Waals surface area (Å²) in [6.45, 7) is 3.93. The zero-order valence-electron chi connectivity index (χ0n) is 16.3. The van der Waals surface area contributed by atoms with Gasteiger partial charge in [-0.3, -0.25) is 9.59 Å². The van der Waals surface area contributed by atoms with Gasteiger partial charge in [0.05, 0.1) is 15.8 Å². The minimum absolute atomic E-state index is 0.0249. The second kappa shape index (κ2) is 11.4. The van der Waals surface area contributed by atoms with E-state index in [-0.39, 0.29) is 24.1 Å². The van der Waals surface area contributed by atoms with E-state index in [4.69, 9.17) is 23.2 Å². The summed E-state index contributed by atoms with van der Waals surface area (Å²) in [6, 6.07) is 10.9. The molecule has 0 saturated heterocycles. The van der Waals surface area contributed by atoms with E-state index in [1.165, 1.54) is 22.7 Å². The molecular formula is C21H23Cl2FN2O2S. The van der Waals surface area contributed by atoms with Gasteiger partial charge in [-0.2, -0.15) is 0 Å². The molecule has 2 aromatic carbocycles. The van der Waals surface area contributed by atoms with Crippen LogP contribution in [0.25, 0.3) is 0 Å². The maximum atomic E-state index is 14.1. The predicted molar refractivity (Wildman–Crippen MR) is 118 cm³/mol. The van der Waals surface area contributed by atoms with E-state index >= 15 is 0 Å². The molecule has 0 bridgehead atoms. The Morgan fingerprint density at radius 2 is 1.90 bits per heavy atom. The third kappa shape index (κ3) is 6.91. The lowest BCUT2D eigenvalue weighted by Crippen LogP contribution is -2.48. The number of benzene rings is 2. The summed E-state index contributed by atoms with van der Waals surface area (Å²) in [7, 11) is 0. The van der Waals surface area contributed by atoms with Crippen LogP contribution in [0.4, 0.5) is 4.39 Å². The van der Waals surface area contributed by atoms with Crippen LogP contribution in [0, 0.1) is 5.82 Å². The smallest absolute Gasteiger partial charge is 0.242 e. The van der Waals surface area contributed by atoms with Gasteiger partial charge in [0.25, 0.3) is 0 Å². The molecule has 0 fully saturated rings. The first kappa shape index (κ1) is 23.5. The van der Waals surface area contributed by atoms with E-state index in [9.17, 15) is 14.0 Å². The molecule has 2 aromatic rings. The molecule has 0 aliphatic carbocycles. The number of hydrogen-bond acceptors (Lipinski definition) is 3. The van der Waals surface area contributed by atoms with Gasteiger partial charge < -0.3 is 10.2 Å². The maximum Gasteiger partial charge on any atom is 0.242 e. The topological polar surface area (TPSA) is 49.4 Å². The molecule has 0 aromatic heterocycles. The average molecular weight is 457 g/mol. The van der Waals surface area contributed by atoms with Crippen LogP contribution in [0.5, 0.6) is 0 Å². The van der Waals surface area contributed by atoms with Crippen molar-refractivity contribution >= 4 is 46.8 Å². The van der Waals surface area contributed by atoms with Crippen molar-refractivity contribution in [3.05, 3.63) is 69.5 Å². The largest absolute Gasteiger partial charge is 0.355 e. The number of nitrogens with zero attached hydrogens (tertiary/aromatic N) is 1. The van der Waals surface area contributed by atoms with Crippen molar-refractivity contribution in [1.29, 1.82) is 0 Å². The summed E-state index contributed by atoms with van der Waals surface area (Å²) in [5.41, 5.74) is 1.31. The standard InChI is InChI=1S/C21H23Cl2FN2O2S/c1-3-25-21(28)14(2)26(11-16-6-4-5-7-19(16)24)20(27)13-29-12-15-8-9-17(22)18(23)10-15/h4-10,14H,3,11-13H2,1-2H3,(H,25,28). The average Bonchev–Trinajstić information content (AvgIpc) is 2.69. The van der Waals surface area contributed by atoms with E-state index in [0.29, 0.717) is 27.9 Å². The molecule has 29 heavy (non-hydrogen) atoms. The fourth-order valence-corrected chi connectivity index (χ4v) is 3.86. The van der Waals surface area contributed by atoms with E-state index in [1.54, 1.807) is 44.2 Å². The van der Waals surface area contributed by atoms with Gasteiger partial charge in [0.15, 0.2) is 0 Å². The Morgan fingerprint density at radius 1 is 1.17 bits per heavy atom. The lowest BCUT2D eigenvalue weighted by Gasteiger charge is -2.28. The first-order valence-electron chi connectivity index (χ1n) is 9.15. The van der Waals surface area contributed by atoms with Gasteiger partial charge in [-0.15, -0.1) is 11.8 Å². The number of carbonyl (C=O) groups is 2. The van der Waals surface area contributed by atoms with Crippen LogP contribution >= 0.6 is 35.0 Å². The highest BCUT2D eigenvalue weighted by Crippen LogP contribution is 2.25. The minimum Gasteiger partial charge on any atom is -0.355 e. The molecule has 8 heteroatoms. The maximum absolute atomic E-state index is 14.1. The molecule has 0 radical (unpaired) electrons. The second-order valence-electron chi connectivity index (χ2n) is 6.42. The number of hydrogen-bond donors (Lipinski definition) is 1. The normalized spacial score (nSPS) is 11.8. The molecule has 1 N–H and O–H groups in total. The summed E-state index contributed by atoms with van der Waals surface area (Å²) in [5.74, 6) is -0.204. The van der Waals surface area contributed by atoms with E-state index in [0.717, 1.165) is 5.56 Å². The van der Waals surface area contributed by atoms with Crippen molar-refractivity contribution in [1.82, 2.24) is 10.2 Å².